The molecule has 2 aromatic heterocycles. The Balaban J connectivity index is 1.69. The van der Waals surface area contributed by atoms with E-state index in [1.807, 2.05) is 13.0 Å². The van der Waals surface area contributed by atoms with Crippen molar-refractivity contribution >= 4 is 15.9 Å². The molecule has 0 spiro atoms. The second-order valence-corrected chi connectivity index (χ2v) is 11.2. The monoisotopic (exact) mass is 525 g/mol. The molecule has 0 radical (unpaired) electrons. The van der Waals surface area contributed by atoms with E-state index in [1.54, 1.807) is 61.9 Å². The summed E-state index contributed by atoms with van der Waals surface area (Å²) in [5.74, 6) is -0.204. The number of likely N-dealkylation sites (N-methyl/N-ethyl adjacent to an activating group) is 1. The Morgan fingerprint density at radius 1 is 1.19 bits per heavy atom. The summed E-state index contributed by atoms with van der Waals surface area (Å²) < 4.78 is 35.0. The number of aliphatic hydroxyl groups is 1. The molecule has 0 unspecified atom stereocenters. The molecule has 1 aliphatic rings. The van der Waals surface area contributed by atoms with Crippen LogP contribution in [0.1, 0.15) is 19.4 Å². The number of ether oxygens (including phenoxy) is 1. The third-order valence-corrected chi connectivity index (χ3v) is 8.54. The molecule has 0 saturated carbocycles. The van der Waals surface area contributed by atoms with Gasteiger partial charge in [-0.05, 0) is 36.2 Å². The minimum absolute atomic E-state index is 0.00893. The van der Waals surface area contributed by atoms with E-state index >= 15 is 0 Å². The van der Waals surface area contributed by atoms with Crippen molar-refractivity contribution < 1.29 is 23.1 Å². The van der Waals surface area contributed by atoms with Crippen LogP contribution in [0.4, 0.5) is 0 Å². The van der Waals surface area contributed by atoms with Gasteiger partial charge in [0.05, 0.1) is 19.6 Å². The highest BCUT2D eigenvalue weighted by Crippen LogP contribution is 2.36. The van der Waals surface area contributed by atoms with E-state index in [0.29, 0.717) is 11.1 Å². The first kappa shape index (κ1) is 26.6. The fourth-order valence-electron chi connectivity index (χ4n) is 4.26. The van der Waals surface area contributed by atoms with Crippen LogP contribution >= 0.6 is 0 Å². The van der Waals surface area contributed by atoms with Gasteiger partial charge < -0.3 is 14.7 Å². The highest BCUT2D eigenvalue weighted by molar-refractivity contribution is 7.89. The summed E-state index contributed by atoms with van der Waals surface area (Å²) >= 11 is 0. The molecule has 4 rings (SSSR count). The zero-order chi connectivity index (χ0) is 26.6. The Labute approximate surface area is 217 Å². The van der Waals surface area contributed by atoms with Gasteiger partial charge in [0, 0.05) is 55.9 Å². The standard InChI is InChI=1S/C26H31N5O5S/c1-18-14-31(19(2)16-32)37(34,35)25-7-6-21(22-12-28-17-29-13-22)10-23(25)36-24(18)15-30(3)26(33)9-20-5-4-8-27-11-20/h4-8,10-13,17-19,24,32H,9,14-16H2,1-3H3/t18-,19-,24-/m0/s1. The first-order valence-corrected chi connectivity index (χ1v) is 13.5. The first-order chi connectivity index (χ1) is 17.7. The van der Waals surface area contributed by atoms with E-state index in [4.69, 9.17) is 4.74 Å². The van der Waals surface area contributed by atoms with Crippen LogP contribution in [0.25, 0.3) is 11.1 Å². The molecule has 1 amide bonds. The highest BCUT2D eigenvalue weighted by atomic mass is 32.2. The zero-order valence-corrected chi connectivity index (χ0v) is 21.9. The lowest BCUT2D eigenvalue weighted by atomic mass is 10.0. The average Bonchev–Trinajstić information content (AvgIpc) is 2.91. The van der Waals surface area contributed by atoms with Crippen LogP contribution in [0.15, 0.2) is 66.3 Å². The van der Waals surface area contributed by atoms with Crippen LogP contribution in [0, 0.1) is 5.92 Å². The van der Waals surface area contributed by atoms with Gasteiger partial charge in [-0.25, -0.2) is 18.4 Å². The lowest BCUT2D eigenvalue weighted by Gasteiger charge is -2.37. The first-order valence-electron chi connectivity index (χ1n) is 12.0. The molecule has 1 N–H and O–H groups in total. The van der Waals surface area contributed by atoms with E-state index in [-0.39, 0.29) is 48.6 Å². The van der Waals surface area contributed by atoms with Gasteiger partial charge in [0.25, 0.3) is 0 Å². The van der Waals surface area contributed by atoms with E-state index in [1.165, 1.54) is 16.7 Å². The van der Waals surface area contributed by atoms with Crippen LogP contribution in [0.2, 0.25) is 0 Å². The summed E-state index contributed by atoms with van der Waals surface area (Å²) in [4.78, 5) is 26.7. The lowest BCUT2D eigenvalue weighted by molar-refractivity contribution is -0.130. The predicted molar refractivity (Wildman–Crippen MR) is 137 cm³/mol. The number of aromatic nitrogens is 3. The molecular formula is C26H31N5O5S. The molecule has 1 aromatic carbocycles. The van der Waals surface area contributed by atoms with Gasteiger partial charge in [-0.1, -0.05) is 19.1 Å². The molecule has 10 nitrogen and oxygen atoms in total. The highest BCUT2D eigenvalue weighted by Gasteiger charge is 2.38. The van der Waals surface area contributed by atoms with Crippen LogP contribution in [-0.4, -0.2) is 82.5 Å². The summed E-state index contributed by atoms with van der Waals surface area (Å²) in [5, 5.41) is 9.82. The van der Waals surface area contributed by atoms with Gasteiger partial charge >= 0.3 is 0 Å². The molecule has 1 aliphatic heterocycles. The number of amides is 1. The molecule has 0 bridgehead atoms. The molecule has 196 valence electrons. The topological polar surface area (TPSA) is 126 Å². The molecule has 0 fully saturated rings. The minimum atomic E-state index is -3.97. The Morgan fingerprint density at radius 2 is 1.95 bits per heavy atom. The van der Waals surface area contributed by atoms with Crippen molar-refractivity contribution in [2.24, 2.45) is 5.92 Å². The number of pyridine rings is 1. The second-order valence-electron chi connectivity index (χ2n) is 9.34. The summed E-state index contributed by atoms with van der Waals surface area (Å²) in [6.45, 7) is 3.61. The number of nitrogens with zero attached hydrogens (tertiary/aromatic N) is 5. The molecule has 3 atom stereocenters. The van der Waals surface area contributed by atoms with Crippen molar-refractivity contribution in [2.75, 3.05) is 26.7 Å². The van der Waals surface area contributed by atoms with Gasteiger partial charge in [-0.3, -0.25) is 9.78 Å². The molecule has 0 aliphatic carbocycles. The third kappa shape index (κ3) is 5.95. The fourth-order valence-corrected chi connectivity index (χ4v) is 6.08. The molecule has 3 aromatic rings. The Bertz CT molecular complexity index is 1320. The smallest absolute Gasteiger partial charge is 0.247 e. The normalized spacial score (nSPS) is 20.1. The predicted octanol–water partition coefficient (Wildman–Crippen LogP) is 2.01. The van der Waals surface area contributed by atoms with Crippen LogP contribution in [-0.2, 0) is 21.2 Å². The van der Waals surface area contributed by atoms with Crippen molar-refractivity contribution in [3.8, 4) is 16.9 Å². The SMILES string of the molecule is C[C@H]1CN([C@@H](C)CO)S(=O)(=O)c2ccc(-c3cncnc3)cc2O[C@H]1CN(C)C(=O)Cc1cccnc1. The third-order valence-electron chi connectivity index (χ3n) is 6.52. The van der Waals surface area contributed by atoms with Crippen molar-refractivity contribution in [1.29, 1.82) is 0 Å². The van der Waals surface area contributed by atoms with Crippen molar-refractivity contribution in [3.05, 3.63) is 67.0 Å². The molecule has 0 saturated heterocycles. The number of benzene rings is 1. The zero-order valence-electron chi connectivity index (χ0n) is 21.1. The van der Waals surface area contributed by atoms with Gasteiger partial charge in [-0.2, -0.15) is 4.31 Å². The number of sulfonamides is 1. The molecule has 3 heterocycles. The largest absolute Gasteiger partial charge is 0.487 e. The minimum Gasteiger partial charge on any atom is -0.487 e. The number of fused-ring (bicyclic) bond motifs is 1. The number of rotatable bonds is 7. The summed E-state index contributed by atoms with van der Waals surface area (Å²) in [5.41, 5.74) is 2.21. The lowest BCUT2D eigenvalue weighted by Crippen LogP contribution is -2.50. The van der Waals surface area contributed by atoms with Crippen molar-refractivity contribution in [1.82, 2.24) is 24.2 Å². The van der Waals surface area contributed by atoms with Gasteiger partial charge in [-0.15, -0.1) is 0 Å². The maximum absolute atomic E-state index is 13.7. The second kappa shape index (κ2) is 11.3. The van der Waals surface area contributed by atoms with E-state index in [9.17, 15) is 18.3 Å². The maximum atomic E-state index is 13.7. The van der Waals surface area contributed by atoms with E-state index in [2.05, 4.69) is 15.0 Å². The number of carbonyl (C=O) groups excluding carboxylic acids is 1. The number of aliphatic hydroxyl groups excluding tert-OH is 1. The van der Waals surface area contributed by atoms with Gasteiger partial charge in [0.2, 0.25) is 15.9 Å². The summed E-state index contributed by atoms with van der Waals surface area (Å²) in [6, 6.07) is 7.85. The molecule has 37 heavy (non-hydrogen) atoms. The summed E-state index contributed by atoms with van der Waals surface area (Å²) in [6.07, 6.45) is 7.69. The fraction of sp³-hybridized carbons (Fsp3) is 0.385. The van der Waals surface area contributed by atoms with Crippen LogP contribution in [0.5, 0.6) is 5.75 Å². The molecular weight excluding hydrogens is 494 g/mol. The van der Waals surface area contributed by atoms with Crippen molar-refractivity contribution in [3.63, 3.8) is 0 Å². The Kier molecular flexibility index (Phi) is 8.16. The Morgan fingerprint density at radius 3 is 2.62 bits per heavy atom. The van der Waals surface area contributed by atoms with E-state index < -0.39 is 22.2 Å². The summed E-state index contributed by atoms with van der Waals surface area (Å²) in [7, 11) is -2.26. The van der Waals surface area contributed by atoms with Gasteiger partial charge in [0.1, 0.15) is 23.1 Å². The van der Waals surface area contributed by atoms with Crippen molar-refractivity contribution in [2.45, 2.75) is 37.3 Å². The van der Waals surface area contributed by atoms with Crippen LogP contribution in [0.3, 0.4) is 0 Å². The van der Waals surface area contributed by atoms with Gasteiger partial charge in [0.15, 0.2) is 0 Å². The average molecular weight is 526 g/mol. The van der Waals surface area contributed by atoms with Crippen LogP contribution < -0.4 is 4.74 Å². The van der Waals surface area contributed by atoms with E-state index in [0.717, 1.165) is 5.56 Å². The number of hydrogen-bond donors (Lipinski definition) is 1. The number of hydrogen-bond acceptors (Lipinski definition) is 8. The number of carbonyl (C=O) groups is 1. The quantitative estimate of drug-likeness (QED) is 0.497. The maximum Gasteiger partial charge on any atom is 0.247 e. The molecule has 11 heteroatoms. The Hall–Kier alpha value is -3.41.